The number of Topliss-reactive ketones (excluding diaryl/α,β-unsaturated/α-hetero) is 1. The van der Waals surface area contributed by atoms with Crippen LogP contribution in [-0.2, 0) is 0 Å². The van der Waals surface area contributed by atoms with Gasteiger partial charge < -0.3 is 10.1 Å². The van der Waals surface area contributed by atoms with E-state index in [0.717, 1.165) is 25.9 Å². The van der Waals surface area contributed by atoms with E-state index in [0.29, 0.717) is 18.2 Å². The van der Waals surface area contributed by atoms with Gasteiger partial charge in [-0.25, -0.2) is 0 Å². The predicted molar refractivity (Wildman–Crippen MR) is 61.4 cm³/mol. The Kier molecular flexibility index (Phi) is 3.74. The van der Waals surface area contributed by atoms with Crippen molar-refractivity contribution >= 4 is 5.78 Å². The second kappa shape index (κ2) is 5.27. The molecule has 16 heavy (non-hydrogen) atoms. The minimum absolute atomic E-state index is 0.146. The number of aromatic nitrogens is 1. The average Bonchev–Trinajstić information content (AvgIpc) is 2.83. The van der Waals surface area contributed by atoms with Gasteiger partial charge in [-0.15, -0.1) is 0 Å². The summed E-state index contributed by atoms with van der Waals surface area (Å²) in [6.45, 7) is 2.59. The summed E-state index contributed by atoms with van der Waals surface area (Å²) in [5.41, 5.74) is 0.685. The zero-order valence-electron chi connectivity index (χ0n) is 9.35. The number of rotatable bonds is 4. The lowest BCUT2D eigenvalue weighted by atomic mass is 9.98. The molecular formula is C12H18N2O2. The van der Waals surface area contributed by atoms with Crippen molar-refractivity contribution in [2.75, 3.05) is 26.2 Å². The maximum atomic E-state index is 11.8. The van der Waals surface area contributed by atoms with Gasteiger partial charge in [-0.2, -0.15) is 0 Å². The molecule has 0 atom stereocenters. The van der Waals surface area contributed by atoms with Crippen LogP contribution in [0.5, 0.6) is 0 Å². The van der Waals surface area contributed by atoms with Crippen LogP contribution in [0.3, 0.4) is 0 Å². The first-order valence-corrected chi connectivity index (χ1v) is 5.79. The zero-order chi connectivity index (χ0) is 11.4. The van der Waals surface area contributed by atoms with Crippen molar-refractivity contribution < 1.29 is 9.90 Å². The first-order valence-electron chi connectivity index (χ1n) is 5.79. The quantitative estimate of drug-likeness (QED) is 0.744. The van der Waals surface area contributed by atoms with Crippen LogP contribution in [0.15, 0.2) is 18.3 Å². The fourth-order valence-corrected chi connectivity index (χ4v) is 2.12. The predicted octanol–water partition coefficient (Wildman–Crippen LogP) is 0.902. The Labute approximate surface area is 95.3 Å². The monoisotopic (exact) mass is 222 g/mol. The summed E-state index contributed by atoms with van der Waals surface area (Å²) >= 11 is 0. The highest BCUT2D eigenvalue weighted by Crippen LogP contribution is 2.16. The molecule has 0 aromatic carbocycles. The Hall–Kier alpha value is -1.13. The van der Waals surface area contributed by atoms with E-state index in [-0.39, 0.29) is 12.4 Å². The van der Waals surface area contributed by atoms with Crippen molar-refractivity contribution in [2.45, 2.75) is 12.8 Å². The first kappa shape index (κ1) is 11.4. The molecule has 1 aliphatic rings. The fourth-order valence-electron chi connectivity index (χ4n) is 2.12. The summed E-state index contributed by atoms with van der Waals surface area (Å²) in [5, 5.41) is 9.02. The van der Waals surface area contributed by atoms with Gasteiger partial charge in [0.15, 0.2) is 5.78 Å². The molecule has 1 aromatic rings. The van der Waals surface area contributed by atoms with Crippen LogP contribution in [0, 0.1) is 5.92 Å². The molecule has 1 fully saturated rings. The third-order valence-corrected chi connectivity index (χ3v) is 3.23. The number of H-pyrrole nitrogens is 1. The molecule has 0 amide bonds. The summed E-state index contributed by atoms with van der Waals surface area (Å²) < 4.78 is 0. The number of nitrogens with one attached hydrogen (secondary N) is 1. The molecule has 0 unspecified atom stereocenters. The van der Waals surface area contributed by atoms with Crippen LogP contribution in [-0.4, -0.2) is 47.0 Å². The number of hydrogen-bond donors (Lipinski definition) is 2. The number of carbonyl (C=O) groups is 1. The second-order valence-electron chi connectivity index (χ2n) is 4.41. The van der Waals surface area contributed by atoms with Crippen molar-refractivity contribution in [3.63, 3.8) is 0 Å². The minimum atomic E-state index is 0.146. The number of ketones is 1. The Morgan fingerprint density at radius 3 is 2.81 bits per heavy atom. The normalized spacial score (nSPS) is 18.8. The third-order valence-electron chi connectivity index (χ3n) is 3.23. The van der Waals surface area contributed by atoms with Crippen LogP contribution >= 0.6 is 0 Å². The average molecular weight is 222 g/mol. The van der Waals surface area contributed by atoms with Crippen LogP contribution in [0.4, 0.5) is 0 Å². The molecule has 88 valence electrons. The molecule has 0 aliphatic carbocycles. The first-order chi connectivity index (χ1) is 7.79. The van der Waals surface area contributed by atoms with Gasteiger partial charge in [-0.05, 0) is 44.0 Å². The minimum Gasteiger partial charge on any atom is -0.396 e. The Balaban J connectivity index is 1.81. The Morgan fingerprint density at radius 1 is 1.50 bits per heavy atom. The largest absolute Gasteiger partial charge is 0.396 e. The lowest BCUT2D eigenvalue weighted by Crippen LogP contribution is -2.38. The lowest BCUT2D eigenvalue weighted by Gasteiger charge is -2.30. The van der Waals surface area contributed by atoms with E-state index in [2.05, 4.69) is 9.88 Å². The molecular weight excluding hydrogens is 204 g/mol. The third kappa shape index (κ3) is 2.71. The Morgan fingerprint density at radius 2 is 2.25 bits per heavy atom. The standard InChI is InChI=1S/C12H18N2O2/c15-9-10-3-6-14(7-4-10)8-12(16)11-2-1-5-13-11/h1-2,5,10,13,15H,3-4,6-9H2. The molecule has 1 aromatic heterocycles. The Bertz CT molecular complexity index is 327. The van der Waals surface area contributed by atoms with Crippen molar-refractivity contribution in [2.24, 2.45) is 5.92 Å². The molecule has 4 heteroatoms. The number of aromatic amines is 1. The zero-order valence-corrected chi connectivity index (χ0v) is 9.35. The molecule has 2 heterocycles. The second-order valence-corrected chi connectivity index (χ2v) is 4.41. The molecule has 4 nitrogen and oxygen atoms in total. The SMILES string of the molecule is O=C(CN1CCC(CO)CC1)c1ccc[nH]1. The highest BCUT2D eigenvalue weighted by atomic mass is 16.3. The number of nitrogens with zero attached hydrogens (tertiary/aromatic N) is 1. The highest BCUT2D eigenvalue weighted by Gasteiger charge is 2.20. The number of aliphatic hydroxyl groups excluding tert-OH is 1. The summed E-state index contributed by atoms with van der Waals surface area (Å²) in [6, 6.07) is 3.65. The summed E-state index contributed by atoms with van der Waals surface area (Å²) in [4.78, 5) is 16.9. The van der Waals surface area contributed by atoms with Gasteiger partial charge in [-0.1, -0.05) is 0 Å². The number of hydrogen-bond acceptors (Lipinski definition) is 3. The van der Waals surface area contributed by atoms with Gasteiger partial charge in [0.25, 0.3) is 0 Å². The lowest BCUT2D eigenvalue weighted by molar-refractivity contribution is 0.0860. The van der Waals surface area contributed by atoms with E-state index in [1.54, 1.807) is 6.20 Å². The fraction of sp³-hybridized carbons (Fsp3) is 0.583. The molecule has 0 radical (unpaired) electrons. The van der Waals surface area contributed by atoms with Crippen LogP contribution in [0.1, 0.15) is 23.3 Å². The van der Waals surface area contributed by atoms with Gasteiger partial charge in [0.05, 0.1) is 12.2 Å². The van der Waals surface area contributed by atoms with Gasteiger partial charge in [0, 0.05) is 12.8 Å². The van der Waals surface area contributed by atoms with Crippen LogP contribution in [0.25, 0.3) is 0 Å². The van der Waals surface area contributed by atoms with Gasteiger partial charge in [0.2, 0.25) is 0 Å². The van der Waals surface area contributed by atoms with Crippen LogP contribution in [0.2, 0.25) is 0 Å². The van der Waals surface area contributed by atoms with E-state index in [9.17, 15) is 4.79 Å². The highest BCUT2D eigenvalue weighted by molar-refractivity contribution is 5.95. The van der Waals surface area contributed by atoms with E-state index < -0.39 is 0 Å². The maximum Gasteiger partial charge on any atom is 0.192 e. The van der Waals surface area contributed by atoms with Gasteiger partial charge >= 0.3 is 0 Å². The van der Waals surface area contributed by atoms with E-state index in [1.807, 2.05) is 12.1 Å². The summed E-state index contributed by atoms with van der Waals surface area (Å²) in [5.74, 6) is 0.573. The van der Waals surface area contributed by atoms with Crippen LogP contribution < -0.4 is 0 Å². The topological polar surface area (TPSA) is 56.3 Å². The number of likely N-dealkylation sites (tertiary alicyclic amines) is 1. The van der Waals surface area contributed by atoms with E-state index >= 15 is 0 Å². The summed E-state index contributed by atoms with van der Waals surface area (Å²) in [7, 11) is 0. The van der Waals surface area contributed by atoms with Crippen molar-refractivity contribution in [3.8, 4) is 0 Å². The van der Waals surface area contributed by atoms with Crippen molar-refractivity contribution in [3.05, 3.63) is 24.0 Å². The number of aliphatic hydroxyl groups is 1. The smallest absolute Gasteiger partial charge is 0.192 e. The summed E-state index contributed by atoms with van der Waals surface area (Å²) in [6.07, 6.45) is 3.76. The van der Waals surface area contributed by atoms with Crippen molar-refractivity contribution in [1.29, 1.82) is 0 Å². The van der Waals surface area contributed by atoms with E-state index in [4.69, 9.17) is 5.11 Å². The number of carbonyl (C=O) groups excluding carboxylic acids is 1. The molecule has 1 aliphatic heterocycles. The molecule has 0 saturated carbocycles. The van der Waals surface area contributed by atoms with Crippen molar-refractivity contribution in [1.82, 2.24) is 9.88 Å². The molecule has 2 rings (SSSR count). The maximum absolute atomic E-state index is 11.8. The molecule has 0 spiro atoms. The molecule has 0 bridgehead atoms. The molecule has 2 N–H and O–H groups in total. The van der Waals surface area contributed by atoms with E-state index in [1.165, 1.54) is 0 Å². The van der Waals surface area contributed by atoms with Gasteiger partial charge in [0.1, 0.15) is 0 Å². The van der Waals surface area contributed by atoms with Gasteiger partial charge in [-0.3, -0.25) is 9.69 Å². The molecule has 1 saturated heterocycles. The number of piperidine rings is 1.